The van der Waals surface area contributed by atoms with Crippen LogP contribution in [0.5, 0.6) is 0 Å². The molecule has 42 heavy (non-hydrogen) atoms. The third kappa shape index (κ3) is 8.67. The first-order valence-corrected chi connectivity index (χ1v) is 14.9. The van der Waals surface area contributed by atoms with Gasteiger partial charge in [0.15, 0.2) is 0 Å². The van der Waals surface area contributed by atoms with Crippen molar-refractivity contribution >= 4 is 33.3 Å². The second kappa shape index (κ2) is 13.2. The van der Waals surface area contributed by atoms with E-state index in [4.69, 9.17) is 4.55 Å². The van der Waals surface area contributed by atoms with E-state index < -0.39 is 39.6 Å². The predicted octanol–water partition coefficient (Wildman–Crippen LogP) is 5.91. The van der Waals surface area contributed by atoms with Crippen LogP contribution in [0.1, 0.15) is 41.6 Å². The summed E-state index contributed by atoms with van der Waals surface area (Å²) < 4.78 is 69.1. The maximum Gasteiger partial charge on any atom is 0.416 e. The van der Waals surface area contributed by atoms with Crippen LogP contribution in [0.4, 0.5) is 24.5 Å². The average Bonchev–Trinajstić information content (AvgIpc) is 2.96. The maximum atomic E-state index is 13.4. The summed E-state index contributed by atoms with van der Waals surface area (Å²) in [7, 11) is -4.19. The van der Waals surface area contributed by atoms with E-state index >= 15 is 0 Å². The van der Waals surface area contributed by atoms with Crippen molar-refractivity contribution in [1.82, 2.24) is 5.32 Å². The standard InChI is InChI=1S/C30H30F3N3O5S/c31-30(32,33)24-12-6-20(7-13-24)21-8-14-26(15-9-21)36-29(38)27(22-4-2-1-3-5-22)35-25-16-10-23(11-17-25)28(37)34-18-19-42(39,40)41/h4,6-17,27,35H,1-3,5,18-19H2,(H,34,37)(H,36,38)(H,39,40,41). The number of carbonyl (C=O) groups excluding carboxylic acids is 2. The molecule has 3 aromatic carbocycles. The van der Waals surface area contributed by atoms with Gasteiger partial charge < -0.3 is 16.0 Å². The fraction of sp³-hybridized carbons (Fsp3) is 0.267. The number of amides is 2. The molecule has 4 rings (SSSR count). The number of hydrogen-bond donors (Lipinski definition) is 4. The third-order valence-corrected chi connectivity index (χ3v) is 7.48. The first-order valence-electron chi connectivity index (χ1n) is 13.3. The van der Waals surface area contributed by atoms with Crippen LogP contribution in [-0.2, 0) is 21.1 Å². The zero-order valence-electron chi connectivity index (χ0n) is 22.4. The Morgan fingerprint density at radius 3 is 2.00 bits per heavy atom. The predicted molar refractivity (Wildman–Crippen MR) is 155 cm³/mol. The summed E-state index contributed by atoms with van der Waals surface area (Å²) >= 11 is 0. The van der Waals surface area contributed by atoms with Crippen LogP contribution in [0.2, 0.25) is 0 Å². The van der Waals surface area contributed by atoms with Gasteiger partial charge >= 0.3 is 6.18 Å². The van der Waals surface area contributed by atoms with Gasteiger partial charge in [-0.15, -0.1) is 0 Å². The van der Waals surface area contributed by atoms with Crippen LogP contribution >= 0.6 is 0 Å². The largest absolute Gasteiger partial charge is 0.416 e. The monoisotopic (exact) mass is 601 g/mol. The van der Waals surface area contributed by atoms with Crippen molar-refractivity contribution in [1.29, 1.82) is 0 Å². The van der Waals surface area contributed by atoms with Crippen molar-refractivity contribution in [2.75, 3.05) is 22.9 Å². The van der Waals surface area contributed by atoms with E-state index in [-0.39, 0.29) is 18.0 Å². The molecule has 0 heterocycles. The lowest BCUT2D eigenvalue weighted by atomic mass is 9.93. The molecular formula is C30H30F3N3O5S. The highest BCUT2D eigenvalue weighted by Crippen LogP contribution is 2.31. The van der Waals surface area contributed by atoms with Gasteiger partial charge in [0.05, 0.1) is 11.3 Å². The Morgan fingerprint density at radius 2 is 1.45 bits per heavy atom. The smallest absolute Gasteiger partial charge is 0.370 e. The van der Waals surface area contributed by atoms with E-state index in [2.05, 4.69) is 16.0 Å². The Kier molecular flexibility index (Phi) is 9.69. The fourth-order valence-corrected chi connectivity index (χ4v) is 4.90. The van der Waals surface area contributed by atoms with E-state index in [1.165, 1.54) is 24.3 Å². The Balaban J connectivity index is 1.43. The number of allylic oxidation sites excluding steroid dienone is 1. The maximum absolute atomic E-state index is 13.4. The van der Waals surface area contributed by atoms with Crippen molar-refractivity contribution in [3.8, 4) is 11.1 Å². The molecule has 3 aromatic rings. The molecule has 0 spiro atoms. The van der Waals surface area contributed by atoms with Crippen molar-refractivity contribution in [2.24, 2.45) is 0 Å². The van der Waals surface area contributed by atoms with Crippen LogP contribution in [0.15, 0.2) is 84.4 Å². The second-order valence-corrected chi connectivity index (χ2v) is 11.4. The van der Waals surface area contributed by atoms with Gasteiger partial charge in [-0.25, -0.2) is 0 Å². The van der Waals surface area contributed by atoms with E-state index in [9.17, 15) is 31.2 Å². The number of alkyl halides is 3. The number of halogens is 3. The molecule has 8 nitrogen and oxygen atoms in total. The highest BCUT2D eigenvalue weighted by molar-refractivity contribution is 7.85. The van der Waals surface area contributed by atoms with Gasteiger partial charge in [-0.05, 0) is 90.9 Å². The first-order chi connectivity index (χ1) is 19.9. The highest BCUT2D eigenvalue weighted by Gasteiger charge is 2.30. The number of hydrogen-bond acceptors (Lipinski definition) is 5. The number of nitrogens with one attached hydrogen (secondary N) is 3. The summed E-state index contributed by atoms with van der Waals surface area (Å²) in [6.45, 7) is -0.237. The van der Waals surface area contributed by atoms with Crippen molar-refractivity contribution in [3.63, 3.8) is 0 Å². The van der Waals surface area contributed by atoms with Crippen LogP contribution in [-0.4, -0.2) is 43.1 Å². The number of carbonyl (C=O) groups is 2. The molecule has 1 aliphatic rings. The molecule has 1 atom stereocenters. The van der Waals surface area contributed by atoms with Crippen molar-refractivity contribution in [2.45, 2.75) is 37.9 Å². The van der Waals surface area contributed by atoms with Gasteiger partial charge in [0.2, 0.25) is 0 Å². The van der Waals surface area contributed by atoms with E-state index in [0.29, 0.717) is 22.5 Å². The van der Waals surface area contributed by atoms with Gasteiger partial charge in [0, 0.05) is 23.5 Å². The molecule has 0 saturated carbocycles. The Bertz CT molecular complexity index is 1540. The lowest BCUT2D eigenvalue weighted by molar-refractivity contribution is -0.137. The molecule has 0 radical (unpaired) electrons. The molecule has 0 saturated heterocycles. The molecule has 0 bridgehead atoms. The Hall–Kier alpha value is -4.16. The topological polar surface area (TPSA) is 125 Å². The minimum atomic E-state index is -4.41. The molecular weight excluding hydrogens is 571 g/mol. The molecule has 12 heteroatoms. The van der Waals surface area contributed by atoms with Gasteiger partial charge in [-0.1, -0.05) is 30.3 Å². The lowest BCUT2D eigenvalue weighted by Gasteiger charge is -2.25. The van der Waals surface area contributed by atoms with Crippen LogP contribution < -0.4 is 16.0 Å². The molecule has 2 amide bonds. The third-order valence-electron chi connectivity index (χ3n) is 6.76. The van der Waals surface area contributed by atoms with Gasteiger partial charge in [-0.3, -0.25) is 14.1 Å². The molecule has 4 N–H and O–H groups in total. The molecule has 0 fully saturated rings. The summed E-state index contributed by atoms with van der Waals surface area (Å²) in [5.41, 5.74) is 2.93. The van der Waals surface area contributed by atoms with E-state index in [0.717, 1.165) is 43.4 Å². The Morgan fingerprint density at radius 1 is 0.857 bits per heavy atom. The molecule has 0 aromatic heterocycles. The summed E-state index contributed by atoms with van der Waals surface area (Å²) in [6, 6.07) is 17.4. The quantitative estimate of drug-likeness (QED) is 0.169. The minimum absolute atomic E-state index is 0.237. The van der Waals surface area contributed by atoms with E-state index in [1.807, 2.05) is 6.08 Å². The molecule has 0 aliphatic heterocycles. The number of benzene rings is 3. The summed E-state index contributed by atoms with van der Waals surface area (Å²) in [4.78, 5) is 25.7. The van der Waals surface area contributed by atoms with Crippen molar-refractivity contribution in [3.05, 3.63) is 95.6 Å². The second-order valence-electron chi connectivity index (χ2n) is 9.86. The summed E-state index contributed by atoms with van der Waals surface area (Å²) in [5, 5.41) is 8.56. The molecule has 1 unspecified atom stereocenters. The van der Waals surface area contributed by atoms with Crippen molar-refractivity contribution < 1.29 is 35.7 Å². The normalized spacial score (nSPS) is 14.4. The molecule has 1 aliphatic carbocycles. The fourth-order valence-electron chi connectivity index (χ4n) is 4.54. The first kappa shape index (κ1) is 30.8. The SMILES string of the molecule is O=C(NCCS(=O)(=O)O)c1ccc(NC(C(=O)Nc2ccc(-c3ccc(C(F)(F)F)cc3)cc2)C2=CCCCC2)cc1. The summed E-state index contributed by atoms with van der Waals surface area (Å²) in [5.74, 6) is -1.39. The zero-order chi connectivity index (χ0) is 30.3. The highest BCUT2D eigenvalue weighted by atomic mass is 32.2. The van der Waals surface area contributed by atoms with Gasteiger partial charge in [0.25, 0.3) is 21.9 Å². The number of rotatable bonds is 10. The van der Waals surface area contributed by atoms with E-state index in [1.54, 1.807) is 36.4 Å². The van der Waals surface area contributed by atoms with Gasteiger partial charge in [0.1, 0.15) is 6.04 Å². The number of anilines is 2. The molecule has 222 valence electrons. The minimum Gasteiger partial charge on any atom is -0.370 e. The van der Waals surface area contributed by atoms with Crippen LogP contribution in [0.25, 0.3) is 11.1 Å². The average molecular weight is 602 g/mol. The lowest BCUT2D eigenvalue weighted by Crippen LogP contribution is -2.37. The Labute approximate surface area is 241 Å². The van der Waals surface area contributed by atoms with Crippen LogP contribution in [0.3, 0.4) is 0 Å². The summed E-state index contributed by atoms with van der Waals surface area (Å²) in [6.07, 6.45) is 1.21. The van der Waals surface area contributed by atoms with Gasteiger partial charge in [-0.2, -0.15) is 21.6 Å². The zero-order valence-corrected chi connectivity index (χ0v) is 23.3. The van der Waals surface area contributed by atoms with Crippen LogP contribution in [0, 0.1) is 0 Å².